The predicted octanol–water partition coefficient (Wildman–Crippen LogP) is 11.3. The summed E-state index contributed by atoms with van der Waals surface area (Å²) in [5.41, 5.74) is 0. The molecule has 0 bridgehead atoms. The fraction of sp³-hybridized carbons (Fsp3) is 0.880. The van der Waals surface area contributed by atoms with Gasteiger partial charge in [-0.05, 0) is 51.4 Å². The van der Waals surface area contributed by atoms with Crippen molar-refractivity contribution in [3.05, 3.63) is 48.6 Å². The highest BCUT2D eigenvalue weighted by Gasteiger charge is 2.53. The fourth-order valence-corrected chi connectivity index (χ4v) is 12.8. The molecular formula is C75H137NO18. The first-order valence-electron chi connectivity index (χ1n) is 37.9. The first-order chi connectivity index (χ1) is 45.8. The molecule has 0 aromatic heterocycles. The molecule has 3 rings (SSSR count). The molecule has 1 amide bonds. The Bertz CT molecular complexity index is 1890. The van der Waals surface area contributed by atoms with Crippen LogP contribution in [0.5, 0.6) is 0 Å². The van der Waals surface area contributed by atoms with Crippen LogP contribution in [-0.2, 0) is 33.2 Å². The van der Waals surface area contributed by atoms with Crippen LogP contribution in [0.15, 0.2) is 48.6 Å². The summed E-state index contributed by atoms with van der Waals surface area (Å²) in [6.07, 6.45) is 41.9. The Balaban J connectivity index is 1.37. The molecule has 3 fully saturated rings. The highest BCUT2D eigenvalue weighted by atomic mass is 16.8. The lowest BCUT2D eigenvalue weighted by atomic mass is 9.96. The molecule has 3 aliphatic heterocycles. The van der Waals surface area contributed by atoms with Gasteiger partial charge in [0.2, 0.25) is 5.91 Å². The molecule has 12 N–H and O–H groups in total. The lowest BCUT2D eigenvalue weighted by Gasteiger charge is -2.48. The van der Waals surface area contributed by atoms with Crippen molar-refractivity contribution in [3.8, 4) is 0 Å². The van der Waals surface area contributed by atoms with E-state index < -0.39 is 124 Å². The molecule has 94 heavy (non-hydrogen) atoms. The number of unbranched alkanes of at least 4 members (excludes halogenated alkanes) is 35. The van der Waals surface area contributed by atoms with Gasteiger partial charge in [0.15, 0.2) is 18.9 Å². The van der Waals surface area contributed by atoms with Gasteiger partial charge in [0.25, 0.3) is 0 Å². The van der Waals surface area contributed by atoms with Crippen LogP contribution in [0, 0.1) is 0 Å². The number of aliphatic hydroxyl groups is 11. The van der Waals surface area contributed by atoms with Crippen LogP contribution in [0.3, 0.4) is 0 Å². The highest BCUT2D eigenvalue weighted by molar-refractivity contribution is 5.76. The van der Waals surface area contributed by atoms with E-state index in [1.54, 1.807) is 0 Å². The average molecular weight is 1340 g/mol. The Morgan fingerprint density at radius 2 is 0.734 bits per heavy atom. The molecule has 0 saturated carbocycles. The van der Waals surface area contributed by atoms with Gasteiger partial charge < -0.3 is 89.9 Å². The van der Waals surface area contributed by atoms with Gasteiger partial charge in [0, 0.05) is 6.42 Å². The van der Waals surface area contributed by atoms with Crippen molar-refractivity contribution < 1.29 is 89.4 Å². The second kappa shape index (κ2) is 56.5. The van der Waals surface area contributed by atoms with Crippen molar-refractivity contribution in [1.82, 2.24) is 5.32 Å². The van der Waals surface area contributed by atoms with Crippen molar-refractivity contribution in [3.63, 3.8) is 0 Å². The number of ether oxygens (including phenoxy) is 6. The second-order valence-electron chi connectivity index (χ2n) is 27.1. The van der Waals surface area contributed by atoms with E-state index in [9.17, 15) is 61.0 Å². The number of rotatable bonds is 59. The summed E-state index contributed by atoms with van der Waals surface area (Å²) in [5, 5.41) is 121. The molecule has 0 radical (unpaired) electrons. The van der Waals surface area contributed by atoms with Crippen molar-refractivity contribution in [2.45, 2.75) is 394 Å². The summed E-state index contributed by atoms with van der Waals surface area (Å²) in [5.74, 6) is -0.239. The Labute approximate surface area is 567 Å². The molecule has 0 spiro atoms. The molecule has 17 atom stereocenters. The van der Waals surface area contributed by atoms with Crippen LogP contribution < -0.4 is 5.32 Å². The van der Waals surface area contributed by atoms with Crippen molar-refractivity contribution in [2.75, 3.05) is 26.4 Å². The normalized spacial score (nSPS) is 27.6. The van der Waals surface area contributed by atoms with Gasteiger partial charge in [0.05, 0.1) is 38.6 Å². The minimum atomic E-state index is -1.97. The predicted molar refractivity (Wildman–Crippen MR) is 369 cm³/mol. The number of hydrogen-bond donors (Lipinski definition) is 12. The molecule has 3 saturated heterocycles. The van der Waals surface area contributed by atoms with Crippen LogP contribution in [-0.4, -0.2) is 193 Å². The number of carbonyl (C=O) groups excluding carboxylic acids is 1. The lowest BCUT2D eigenvalue weighted by Crippen LogP contribution is -2.66. The maximum absolute atomic E-state index is 13.5. The Morgan fingerprint density at radius 3 is 1.15 bits per heavy atom. The van der Waals surface area contributed by atoms with Gasteiger partial charge in [-0.1, -0.05) is 281 Å². The smallest absolute Gasteiger partial charge is 0.220 e. The Kier molecular flexibility index (Phi) is 51.7. The average Bonchev–Trinajstić information content (AvgIpc) is 0.787. The topological polar surface area (TPSA) is 307 Å². The van der Waals surface area contributed by atoms with E-state index in [-0.39, 0.29) is 18.9 Å². The standard InChI is InChI=1S/C75H137NO18/c1-3-5-7-9-11-13-15-17-19-21-23-24-25-26-27-28-29-30-31-32-33-34-35-37-39-41-43-45-47-49-51-53-63(81)76-58(59(80)52-50-48-46-44-42-40-38-36-22-20-18-16-14-12-10-8-6-4-2)57-89-73-69(87)66(84)71(61(55-78)91-73)94-75-70(88)67(85)72(62(56-79)92-75)93-74-68(86)65(83)64(82)60(54-77)90-74/h5,7,11,13,17,19,23-24,58-62,64-75,77-80,82-88H,3-4,6,8-10,12,14-16,18,20-22,25-57H2,1-2H3,(H,76,81)/b7-5-,13-11-,19-17-,24-23-. The zero-order valence-corrected chi connectivity index (χ0v) is 58.4. The highest BCUT2D eigenvalue weighted by Crippen LogP contribution is 2.33. The van der Waals surface area contributed by atoms with Crippen LogP contribution >= 0.6 is 0 Å². The summed E-state index contributed by atoms with van der Waals surface area (Å²) >= 11 is 0. The summed E-state index contributed by atoms with van der Waals surface area (Å²) in [7, 11) is 0. The van der Waals surface area contributed by atoms with Crippen LogP contribution in [0.4, 0.5) is 0 Å². The van der Waals surface area contributed by atoms with Crippen molar-refractivity contribution in [1.29, 1.82) is 0 Å². The molecule has 3 aliphatic rings. The van der Waals surface area contributed by atoms with Crippen LogP contribution in [0.1, 0.15) is 290 Å². The molecule has 17 unspecified atom stereocenters. The Morgan fingerprint density at radius 1 is 0.394 bits per heavy atom. The first-order valence-corrected chi connectivity index (χ1v) is 37.9. The largest absolute Gasteiger partial charge is 0.394 e. The number of hydrogen-bond acceptors (Lipinski definition) is 18. The van der Waals surface area contributed by atoms with E-state index in [0.29, 0.717) is 12.8 Å². The SMILES string of the molecule is CC/C=C\C/C=C\C/C=C\C/C=C\CCCCCCCCCCCCCCCCCCCCC(=O)NC(COC1OC(CO)C(OC2OC(CO)C(OC3OC(CO)C(O)C(O)C3O)C(O)C2O)C(O)C1O)C(O)CCCCCCCCCCCCCCCCCCCC. The van der Waals surface area contributed by atoms with E-state index in [1.807, 2.05) is 0 Å². The lowest BCUT2D eigenvalue weighted by molar-refractivity contribution is -0.379. The number of aliphatic hydroxyl groups excluding tert-OH is 11. The maximum Gasteiger partial charge on any atom is 0.220 e. The number of carbonyl (C=O) groups is 1. The monoisotopic (exact) mass is 1340 g/mol. The molecule has 19 heteroatoms. The van der Waals surface area contributed by atoms with Gasteiger partial charge in [-0.15, -0.1) is 0 Å². The summed E-state index contributed by atoms with van der Waals surface area (Å²) in [6.45, 7) is 1.72. The maximum atomic E-state index is 13.5. The van der Waals surface area contributed by atoms with E-state index in [1.165, 1.54) is 186 Å². The second-order valence-corrected chi connectivity index (χ2v) is 27.1. The summed E-state index contributed by atoms with van der Waals surface area (Å²) in [6, 6.07) is -0.887. The van der Waals surface area contributed by atoms with Gasteiger partial charge in [-0.25, -0.2) is 0 Å². The number of amides is 1. The third-order valence-corrected chi connectivity index (χ3v) is 18.9. The van der Waals surface area contributed by atoms with E-state index >= 15 is 0 Å². The van der Waals surface area contributed by atoms with Crippen molar-refractivity contribution in [2.24, 2.45) is 0 Å². The van der Waals surface area contributed by atoms with Crippen molar-refractivity contribution >= 4 is 5.91 Å². The zero-order valence-electron chi connectivity index (χ0n) is 58.4. The van der Waals surface area contributed by atoms with Gasteiger partial charge >= 0.3 is 0 Å². The van der Waals surface area contributed by atoms with E-state index in [0.717, 1.165) is 70.6 Å². The molecule has 550 valence electrons. The van der Waals surface area contributed by atoms with E-state index in [2.05, 4.69) is 67.8 Å². The van der Waals surface area contributed by atoms with E-state index in [4.69, 9.17) is 28.4 Å². The molecular weight excluding hydrogens is 1200 g/mol. The molecule has 0 aromatic carbocycles. The third-order valence-electron chi connectivity index (χ3n) is 18.9. The fourth-order valence-electron chi connectivity index (χ4n) is 12.8. The summed E-state index contributed by atoms with van der Waals surface area (Å²) < 4.78 is 34.5. The molecule has 3 heterocycles. The minimum Gasteiger partial charge on any atom is -0.394 e. The van der Waals surface area contributed by atoms with Crippen LogP contribution in [0.2, 0.25) is 0 Å². The molecule has 0 aromatic rings. The first kappa shape index (κ1) is 86.0. The van der Waals surface area contributed by atoms with Gasteiger partial charge in [-0.3, -0.25) is 4.79 Å². The Hall–Kier alpha value is -2.25. The number of nitrogens with one attached hydrogen (secondary N) is 1. The minimum absolute atomic E-state index is 0.239. The molecule has 19 nitrogen and oxygen atoms in total. The summed E-state index contributed by atoms with van der Waals surface area (Å²) in [4.78, 5) is 13.5. The third kappa shape index (κ3) is 37.3. The molecule has 0 aliphatic carbocycles. The van der Waals surface area contributed by atoms with Crippen LogP contribution in [0.25, 0.3) is 0 Å². The quantitative estimate of drug-likeness (QED) is 0.0199. The van der Waals surface area contributed by atoms with Gasteiger partial charge in [0.1, 0.15) is 73.2 Å². The zero-order chi connectivity index (χ0) is 68.2. The number of allylic oxidation sites excluding steroid dienone is 8. The van der Waals surface area contributed by atoms with Gasteiger partial charge in [-0.2, -0.15) is 0 Å².